The summed E-state index contributed by atoms with van der Waals surface area (Å²) < 4.78 is 5.68. The van der Waals surface area contributed by atoms with Crippen molar-refractivity contribution < 1.29 is 9.53 Å². The normalized spacial score (nSPS) is 10.5. The summed E-state index contributed by atoms with van der Waals surface area (Å²) in [6, 6.07) is 8.29. The third-order valence-electron chi connectivity index (χ3n) is 3.39. The molecule has 0 heterocycles. The van der Waals surface area contributed by atoms with Crippen molar-refractivity contribution in [1.29, 1.82) is 0 Å². The average Bonchev–Trinajstić information content (AvgIpc) is 2.45. The van der Waals surface area contributed by atoms with E-state index in [-0.39, 0.29) is 0 Å². The SMILES string of the molecule is CCCCCOc1ccc(CCCC(=O)CCC)cc1. The van der Waals surface area contributed by atoms with E-state index in [2.05, 4.69) is 26.0 Å². The average molecular weight is 276 g/mol. The summed E-state index contributed by atoms with van der Waals surface area (Å²) in [5.41, 5.74) is 1.29. The molecule has 0 fully saturated rings. The molecule has 20 heavy (non-hydrogen) atoms. The van der Waals surface area contributed by atoms with Gasteiger partial charge in [-0.05, 0) is 43.4 Å². The maximum absolute atomic E-state index is 11.4. The third kappa shape index (κ3) is 7.32. The number of aryl methyl sites for hydroxylation is 1. The minimum absolute atomic E-state index is 0.392. The lowest BCUT2D eigenvalue weighted by molar-refractivity contribution is -0.119. The van der Waals surface area contributed by atoms with Crippen LogP contribution in [-0.4, -0.2) is 12.4 Å². The van der Waals surface area contributed by atoms with Gasteiger partial charge in [-0.1, -0.05) is 38.8 Å². The van der Waals surface area contributed by atoms with Crippen LogP contribution in [0.5, 0.6) is 5.75 Å². The summed E-state index contributed by atoms with van der Waals surface area (Å²) in [5.74, 6) is 1.34. The number of hydrogen-bond donors (Lipinski definition) is 0. The quantitative estimate of drug-likeness (QED) is 0.535. The van der Waals surface area contributed by atoms with Gasteiger partial charge in [0, 0.05) is 12.8 Å². The van der Waals surface area contributed by atoms with Crippen LogP contribution in [0.25, 0.3) is 0 Å². The highest BCUT2D eigenvalue weighted by atomic mass is 16.5. The molecule has 0 amide bonds. The standard InChI is InChI=1S/C18H28O2/c1-3-5-6-15-20-18-13-11-16(12-14-18)9-7-10-17(19)8-4-2/h11-14H,3-10,15H2,1-2H3. The van der Waals surface area contributed by atoms with E-state index in [0.717, 1.165) is 44.5 Å². The van der Waals surface area contributed by atoms with Crippen molar-refractivity contribution in [3.63, 3.8) is 0 Å². The maximum Gasteiger partial charge on any atom is 0.132 e. The lowest BCUT2D eigenvalue weighted by atomic mass is 10.0. The van der Waals surface area contributed by atoms with Crippen molar-refractivity contribution in [2.45, 2.75) is 65.2 Å². The van der Waals surface area contributed by atoms with Gasteiger partial charge in [-0.25, -0.2) is 0 Å². The summed E-state index contributed by atoms with van der Waals surface area (Å²) in [5, 5.41) is 0. The molecule has 0 atom stereocenters. The van der Waals surface area contributed by atoms with Crippen LogP contribution in [0.4, 0.5) is 0 Å². The first-order chi connectivity index (χ1) is 9.76. The van der Waals surface area contributed by atoms with Crippen molar-refractivity contribution in [3.8, 4) is 5.75 Å². The van der Waals surface area contributed by atoms with Gasteiger partial charge in [-0.3, -0.25) is 4.79 Å². The lowest BCUT2D eigenvalue weighted by Crippen LogP contribution is -1.98. The number of unbranched alkanes of at least 4 members (excludes halogenated alkanes) is 2. The molecule has 0 radical (unpaired) electrons. The van der Waals surface area contributed by atoms with Gasteiger partial charge >= 0.3 is 0 Å². The number of rotatable bonds is 11. The second-order valence-corrected chi connectivity index (χ2v) is 5.34. The van der Waals surface area contributed by atoms with Gasteiger partial charge in [0.25, 0.3) is 0 Å². The molecule has 1 rings (SSSR count). The van der Waals surface area contributed by atoms with E-state index in [0.29, 0.717) is 12.2 Å². The van der Waals surface area contributed by atoms with E-state index in [1.165, 1.54) is 18.4 Å². The summed E-state index contributed by atoms with van der Waals surface area (Å²) in [6.45, 7) is 5.05. The number of hydrogen-bond acceptors (Lipinski definition) is 2. The fourth-order valence-electron chi connectivity index (χ4n) is 2.19. The molecule has 1 aromatic rings. The fraction of sp³-hybridized carbons (Fsp3) is 0.611. The van der Waals surface area contributed by atoms with Gasteiger partial charge in [0.2, 0.25) is 0 Å². The summed E-state index contributed by atoms with van der Waals surface area (Å²) >= 11 is 0. The first-order valence-corrected chi connectivity index (χ1v) is 7.99. The van der Waals surface area contributed by atoms with Gasteiger partial charge in [-0.15, -0.1) is 0 Å². The molecular weight excluding hydrogens is 248 g/mol. The Morgan fingerprint density at radius 1 is 0.950 bits per heavy atom. The van der Waals surface area contributed by atoms with Gasteiger partial charge < -0.3 is 4.74 Å². The predicted octanol–water partition coefficient (Wildman–Crippen LogP) is 4.95. The van der Waals surface area contributed by atoms with Crippen LogP contribution in [0.15, 0.2) is 24.3 Å². The first kappa shape index (κ1) is 16.7. The van der Waals surface area contributed by atoms with E-state index < -0.39 is 0 Å². The maximum atomic E-state index is 11.4. The zero-order valence-electron chi connectivity index (χ0n) is 13.0. The highest BCUT2D eigenvalue weighted by Gasteiger charge is 2.01. The first-order valence-electron chi connectivity index (χ1n) is 7.99. The second kappa shape index (κ2) is 10.5. The number of ether oxygens (including phenoxy) is 1. The van der Waals surface area contributed by atoms with Gasteiger partial charge in [0.05, 0.1) is 6.61 Å². The van der Waals surface area contributed by atoms with Crippen LogP contribution in [0, 0.1) is 0 Å². The minimum Gasteiger partial charge on any atom is -0.494 e. The van der Waals surface area contributed by atoms with Gasteiger partial charge in [-0.2, -0.15) is 0 Å². The molecule has 0 saturated carbocycles. The Morgan fingerprint density at radius 2 is 1.70 bits per heavy atom. The smallest absolute Gasteiger partial charge is 0.132 e. The lowest BCUT2D eigenvalue weighted by Gasteiger charge is -2.07. The number of benzene rings is 1. The Morgan fingerprint density at radius 3 is 2.35 bits per heavy atom. The molecule has 0 saturated heterocycles. The molecule has 112 valence electrons. The van der Waals surface area contributed by atoms with Crippen molar-refractivity contribution >= 4 is 5.78 Å². The zero-order valence-corrected chi connectivity index (χ0v) is 13.0. The molecular formula is C18H28O2. The van der Waals surface area contributed by atoms with Crippen LogP contribution >= 0.6 is 0 Å². The van der Waals surface area contributed by atoms with Crippen LogP contribution < -0.4 is 4.74 Å². The monoisotopic (exact) mass is 276 g/mol. The largest absolute Gasteiger partial charge is 0.494 e. The highest BCUT2D eigenvalue weighted by molar-refractivity contribution is 5.78. The Labute approximate surface area is 123 Å². The van der Waals surface area contributed by atoms with Crippen LogP contribution in [-0.2, 0) is 11.2 Å². The highest BCUT2D eigenvalue weighted by Crippen LogP contribution is 2.15. The Bertz CT molecular complexity index is 368. The molecule has 0 aliphatic carbocycles. The Hall–Kier alpha value is -1.31. The van der Waals surface area contributed by atoms with Crippen LogP contribution in [0.3, 0.4) is 0 Å². The topological polar surface area (TPSA) is 26.3 Å². The molecule has 0 aliphatic rings. The third-order valence-corrected chi connectivity index (χ3v) is 3.39. The van der Waals surface area contributed by atoms with E-state index in [1.54, 1.807) is 0 Å². The van der Waals surface area contributed by atoms with Crippen molar-refractivity contribution in [3.05, 3.63) is 29.8 Å². The fourth-order valence-corrected chi connectivity index (χ4v) is 2.19. The molecule has 0 spiro atoms. The number of carbonyl (C=O) groups is 1. The number of Topliss-reactive ketones (excluding diaryl/α,β-unsaturated/α-hetero) is 1. The molecule has 0 N–H and O–H groups in total. The summed E-state index contributed by atoms with van der Waals surface area (Å²) in [4.78, 5) is 11.4. The number of carbonyl (C=O) groups excluding carboxylic acids is 1. The predicted molar refractivity (Wildman–Crippen MR) is 84.3 cm³/mol. The van der Waals surface area contributed by atoms with E-state index >= 15 is 0 Å². The molecule has 2 nitrogen and oxygen atoms in total. The number of ketones is 1. The molecule has 0 aromatic heterocycles. The van der Waals surface area contributed by atoms with Crippen molar-refractivity contribution in [2.75, 3.05) is 6.61 Å². The van der Waals surface area contributed by atoms with Crippen molar-refractivity contribution in [1.82, 2.24) is 0 Å². The second-order valence-electron chi connectivity index (χ2n) is 5.34. The summed E-state index contributed by atoms with van der Waals surface area (Å²) in [6.07, 6.45) is 7.90. The Kier molecular flexibility index (Phi) is 8.77. The van der Waals surface area contributed by atoms with E-state index in [9.17, 15) is 4.79 Å². The van der Waals surface area contributed by atoms with Gasteiger partial charge in [0.15, 0.2) is 0 Å². The van der Waals surface area contributed by atoms with Gasteiger partial charge in [0.1, 0.15) is 11.5 Å². The van der Waals surface area contributed by atoms with E-state index in [4.69, 9.17) is 4.74 Å². The minimum atomic E-state index is 0.392. The van der Waals surface area contributed by atoms with Crippen molar-refractivity contribution in [2.24, 2.45) is 0 Å². The Balaban J connectivity index is 2.23. The summed E-state index contributed by atoms with van der Waals surface area (Å²) in [7, 11) is 0. The zero-order chi connectivity index (χ0) is 14.6. The molecule has 0 unspecified atom stereocenters. The van der Waals surface area contributed by atoms with Crippen LogP contribution in [0.2, 0.25) is 0 Å². The van der Waals surface area contributed by atoms with E-state index in [1.807, 2.05) is 12.1 Å². The molecule has 2 heteroatoms. The molecule has 1 aromatic carbocycles. The molecule has 0 aliphatic heterocycles. The molecule has 0 bridgehead atoms. The van der Waals surface area contributed by atoms with Crippen LogP contribution in [0.1, 0.15) is 64.4 Å².